The molecule has 1 aliphatic heterocycles. The quantitative estimate of drug-likeness (QED) is 0.870. The second-order valence-electron chi connectivity index (χ2n) is 6.42. The van der Waals surface area contributed by atoms with Crippen molar-refractivity contribution >= 4 is 5.91 Å². The van der Waals surface area contributed by atoms with Gasteiger partial charge in [-0.1, -0.05) is 18.2 Å². The Hall–Kier alpha value is -2.67. The summed E-state index contributed by atoms with van der Waals surface area (Å²) in [6.07, 6.45) is 0.501. The van der Waals surface area contributed by atoms with Gasteiger partial charge >= 0.3 is 0 Å². The van der Waals surface area contributed by atoms with Crippen LogP contribution in [0.15, 0.2) is 41.2 Å². The number of amides is 1. The Labute approximate surface area is 151 Å². The highest BCUT2D eigenvalue weighted by atomic mass is 16.5. The fraction of sp³-hybridized carbons (Fsp3) is 0.421. The van der Waals surface area contributed by atoms with E-state index in [1.54, 1.807) is 0 Å². The minimum absolute atomic E-state index is 0.130. The number of rotatable bonds is 5. The van der Waals surface area contributed by atoms with Gasteiger partial charge in [-0.15, -0.1) is 0 Å². The largest absolute Gasteiger partial charge is 0.488 e. The highest BCUT2D eigenvalue weighted by Crippen LogP contribution is 2.17. The minimum atomic E-state index is -0.292. The SMILES string of the molecule is Cc1cc(=O)n(CC(=O)N[C@@H]2COCC[C@@H]2Oc2ccccc2)nc1C. The molecule has 3 rings (SSSR count). The van der Waals surface area contributed by atoms with Gasteiger partial charge in [-0.2, -0.15) is 5.10 Å². The zero-order valence-corrected chi connectivity index (χ0v) is 15.0. The first-order valence-corrected chi connectivity index (χ1v) is 8.67. The maximum absolute atomic E-state index is 12.4. The van der Waals surface area contributed by atoms with Crippen LogP contribution in [0.4, 0.5) is 0 Å². The molecule has 1 aliphatic rings. The summed E-state index contributed by atoms with van der Waals surface area (Å²) in [6, 6.07) is 10.7. The molecule has 1 fully saturated rings. The molecular formula is C19H23N3O4. The van der Waals surface area contributed by atoms with Gasteiger partial charge in [0.1, 0.15) is 18.4 Å². The molecule has 1 amide bonds. The number of carbonyl (C=O) groups is 1. The van der Waals surface area contributed by atoms with Crippen LogP contribution >= 0.6 is 0 Å². The number of carbonyl (C=O) groups excluding carboxylic acids is 1. The van der Waals surface area contributed by atoms with Gasteiger partial charge in [0.15, 0.2) is 0 Å². The molecule has 26 heavy (non-hydrogen) atoms. The zero-order chi connectivity index (χ0) is 18.5. The molecule has 0 aliphatic carbocycles. The van der Waals surface area contributed by atoms with E-state index in [-0.39, 0.29) is 30.2 Å². The van der Waals surface area contributed by atoms with E-state index in [1.807, 2.05) is 44.2 Å². The molecule has 1 saturated heterocycles. The van der Waals surface area contributed by atoms with Crippen molar-refractivity contribution in [3.05, 3.63) is 58.0 Å². The third-order valence-corrected chi connectivity index (χ3v) is 4.40. The van der Waals surface area contributed by atoms with Crippen LogP contribution in [0.3, 0.4) is 0 Å². The molecule has 2 aromatic rings. The van der Waals surface area contributed by atoms with E-state index < -0.39 is 0 Å². The normalized spacial score (nSPS) is 19.8. The van der Waals surface area contributed by atoms with Crippen molar-refractivity contribution in [1.82, 2.24) is 15.1 Å². The Morgan fingerprint density at radius 2 is 2.12 bits per heavy atom. The first-order chi connectivity index (χ1) is 12.5. The van der Waals surface area contributed by atoms with Gasteiger partial charge in [-0.25, -0.2) is 4.68 Å². The van der Waals surface area contributed by atoms with Crippen LogP contribution in [0.25, 0.3) is 0 Å². The smallest absolute Gasteiger partial charge is 0.267 e. The predicted molar refractivity (Wildman–Crippen MR) is 96.2 cm³/mol. The van der Waals surface area contributed by atoms with Gasteiger partial charge in [0.25, 0.3) is 5.56 Å². The van der Waals surface area contributed by atoms with Crippen LogP contribution in [0.2, 0.25) is 0 Å². The van der Waals surface area contributed by atoms with Gasteiger partial charge < -0.3 is 14.8 Å². The fourth-order valence-electron chi connectivity index (χ4n) is 2.84. The second kappa shape index (κ2) is 8.14. The lowest BCUT2D eigenvalue weighted by atomic mass is 10.1. The molecule has 0 radical (unpaired) electrons. The Morgan fingerprint density at radius 1 is 1.35 bits per heavy atom. The number of ether oxygens (including phenoxy) is 2. The average molecular weight is 357 g/mol. The maximum Gasteiger partial charge on any atom is 0.267 e. The number of hydrogen-bond acceptors (Lipinski definition) is 5. The first-order valence-electron chi connectivity index (χ1n) is 8.67. The fourth-order valence-corrected chi connectivity index (χ4v) is 2.84. The van der Waals surface area contributed by atoms with E-state index in [0.717, 1.165) is 17.0 Å². The summed E-state index contributed by atoms with van der Waals surface area (Å²) in [5.41, 5.74) is 1.24. The number of aryl methyl sites for hydroxylation is 2. The van der Waals surface area contributed by atoms with E-state index in [2.05, 4.69) is 10.4 Å². The summed E-state index contributed by atoms with van der Waals surface area (Å²) in [7, 11) is 0. The molecule has 0 bridgehead atoms. The van der Waals surface area contributed by atoms with Crippen molar-refractivity contribution in [2.75, 3.05) is 13.2 Å². The molecule has 1 aromatic heterocycles. The molecule has 7 nitrogen and oxygen atoms in total. The molecule has 138 valence electrons. The van der Waals surface area contributed by atoms with E-state index in [0.29, 0.717) is 19.6 Å². The topological polar surface area (TPSA) is 82.5 Å². The van der Waals surface area contributed by atoms with Gasteiger partial charge in [-0.05, 0) is 31.5 Å². The molecule has 0 saturated carbocycles. The molecule has 0 unspecified atom stereocenters. The summed E-state index contributed by atoms with van der Waals surface area (Å²) >= 11 is 0. The molecule has 7 heteroatoms. The number of benzene rings is 1. The van der Waals surface area contributed by atoms with Crippen LogP contribution in [-0.2, 0) is 16.1 Å². The summed E-state index contributed by atoms with van der Waals surface area (Å²) in [5.74, 6) is 0.464. The predicted octanol–water partition coefficient (Wildman–Crippen LogP) is 1.21. The Balaban J connectivity index is 1.65. The Morgan fingerprint density at radius 3 is 2.88 bits per heavy atom. The standard InChI is InChI=1S/C19H23N3O4/c1-13-10-19(24)22(21-14(13)2)11-18(23)20-16-12-25-9-8-17(16)26-15-6-4-3-5-7-15/h3-7,10,16-17H,8-9,11-12H2,1-2H3,(H,20,23)/t16-,17+/m1/s1. The van der Waals surface area contributed by atoms with Crippen molar-refractivity contribution in [2.45, 2.75) is 39.0 Å². The van der Waals surface area contributed by atoms with Crippen LogP contribution in [0, 0.1) is 13.8 Å². The van der Waals surface area contributed by atoms with Crippen LogP contribution in [0.5, 0.6) is 5.75 Å². The molecule has 1 N–H and O–H groups in total. The molecular weight excluding hydrogens is 334 g/mol. The monoisotopic (exact) mass is 357 g/mol. The van der Waals surface area contributed by atoms with Crippen molar-refractivity contribution in [1.29, 1.82) is 0 Å². The minimum Gasteiger partial charge on any atom is -0.488 e. The highest BCUT2D eigenvalue weighted by molar-refractivity contribution is 5.76. The van der Waals surface area contributed by atoms with Crippen molar-refractivity contribution in [3.8, 4) is 5.75 Å². The first kappa shape index (κ1) is 18.1. The molecule has 2 heterocycles. The number of para-hydroxylation sites is 1. The molecule has 1 aromatic carbocycles. The summed E-state index contributed by atoms with van der Waals surface area (Å²) in [5, 5.41) is 7.08. The summed E-state index contributed by atoms with van der Waals surface area (Å²) in [6.45, 7) is 4.45. The third-order valence-electron chi connectivity index (χ3n) is 4.40. The van der Waals surface area contributed by atoms with Gasteiger partial charge in [0.05, 0.1) is 24.9 Å². The van der Waals surface area contributed by atoms with Crippen molar-refractivity contribution in [2.24, 2.45) is 0 Å². The van der Waals surface area contributed by atoms with Crippen LogP contribution < -0.4 is 15.6 Å². The summed E-state index contributed by atoms with van der Waals surface area (Å²) < 4.78 is 12.7. The summed E-state index contributed by atoms with van der Waals surface area (Å²) in [4.78, 5) is 24.4. The van der Waals surface area contributed by atoms with Crippen molar-refractivity contribution in [3.63, 3.8) is 0 Å². The Bertz CT molecular complexity index is 819. The average Bonchev–Trinajstić information content (AvgIpc) is 2.62. The van der Waals surface area contributed by atoms with Crippen LogP contribution in [-0.4, -0.2) is 41.0 Å². The van der Waals surface area contributed by atoms with E-state index in [1.165, 1.54) is 10.7 Å². The van der Waals surface area contributed by atoms with Crippen molar-refractivity contribution < 1.29 is 14.3 Å². The Kier molecular flexibility index (Phi) is 5.68. The lowest BCUT2D eigenvalue weighted by Gasteiger charge is -2.32. The second-order valence-corrected chi connectivity index (χ2v) is 6.42. The third kappa shape index (κ3) is 4.49. The maximum atomic E-state index is 12.4. The molecule has 2 atom stereocenters. The van der Waals surface area contributed by atoms with Gasteiger partial charge in [0, 0.05) is 12.5 Å². The number of nitrogens with zero attached hydrogens (tertiary/aromatic N) is 2. The lowest BCUT2D eigenvalue weighted by Crippen LogP contribution is -2.52. The number of aromatic nitrogens is 2. The zero-order valence-electron chi connectivity index (χ0n) is 15.0. The van der Waals surface area contributed by atoms with E-state index >= 15 is 0 Å². The number of hydrogen-bond donors (Lipinski definition) is 1. The highest BCUT2D eigenvalue weighted by Gasteiger charge is 2.29. The van der Waals surface area contributed by atoms with Gasteiger partial charge in [0.2, 0.25) is 5.91 Å². The number of nitrogens with one attached hydrogen (secondary N) is 1. The molecule has 0 spiro atoms. The van der Waals surface area contributed by atoms with E-state index in [4.69, 9.17) is 9.47 Å². The lowest BCUT2D eigenvalue weighted by molar-refractivity contribution is -0.125. The van der Waals surface area contributed by atoms with Gasteiger partial charge in [-0.3, -0.25) is 9.59 Å². The van der Waals surface area contributed by atoms with E-state index in [9.17, 15) is 9.59 Å². The van der Waals surface area contributed by atoms with Crippen LogP contribution in [0.1, 0.15) is 17.7 Å².